The molecule has 1 saturated heterocycles. The lowest BCUT2D eigenvalue weighted by atomic mass is 10.2. The molecular formula is C17H15ClN2O3. The second-order valence-corrected chi connectivity index (χ2v) is 5.66. The molecule has 3 rings (SSSR count). The Balaban J connectivity index is 1.92. The summed E-state index contributed by atoms with van der Waals surface area (Å²) in [6, 6.07) is 17.1. The van der Waals surface area contributed by atoms with E-state index in [1.54, 1.807) is 60.7 Å². The first kappa shape index (κ1) is 15.5. The quantitative estimate of drug-likeness (QED) is 0.678. The number of aliphatic hydroxyl groups excluding tert-OH is 1. The first-order valence-corrected chi connectivity index (χ1v) is 7.61. The molecule has 1 heterocycles. The number of benzene rings is 2. The summed E-state index contributed by atoms with van der Waals surface area (Å²) < 4.78 is 0. The number of amides is 2. The Morgan fingerprint density at radius 1 is 0.913 bits per heavy atom. The first-order chi connectivity index (χ1) is 11.1. The minimum absolute atomic E-state index is 0.0273. The van der Waals surface area contributed by atoms with Gasteiger partial charge in [0.15, 0.2) is 5.50 Å². The van der Waals surface area contributed by atoms with Crippen molar-refractivity contribution in [3.63, 3.8) is 0 Å². The average molecular weight is 331 g/mol. The molecule has 0 spiro atoms. The molecule has 23 heavy (non-hydrogen) atoms. The van der Waals surface area contributed by atoms with Crippen molar-refractivity contribution in [3.8, 4) is 0 Å². The molecule has 2 unspecified atom stereocenters. The van der Waals surface area contributed by atoms with Crippen molar-refractivity contribution in [2.24, 2.45) is 0 Å². The number of carbonyl (C=O) groups excluding carboxylic acids is 2. The molecule has 2 aromatic carbocycles. The second-order valence-electron chi connectivity index (χ2n) is 5.21. The molecule has 2 aromatic rings. The SMILES string of the molecule is O=C(c1ccccc1)N1CC(O)C(Cl)N1C(=O)c1ccccc1. The fourth-order valence-electron chi connectivity index (χ4n) is 2.49. The Bertz CT molecular complexity index is 708. The number of carbonyl (C=O) groups is 2. The first-order valence-electron chi connectivity index (χ1n) is 7.17. The van der Waals surface area contributed by atoms with Gasteiger partial charge in [-0.2, -0.15) is 0 Å². The number of hydrogen-bond donors (Lipinski definition) is 1. The van der Waals surface area contributed by atoms with Gasteiger partial charge in [0, 0.05) is 11.1 Å². The summed E-state index contributed by atoms with van der Waals surface area (Å²) in [5.74, 6) is -0.802. The normalized spacial score (nSPS) is 20.6. The molecule has 1 N–H and O–H groups in total. The van der Waals surface area contributed by atoms with Crippen LogP contribution in [0.4, 0.5) is 0 Å². The summed E-state index contributed by atoms with van der Waals surface area (Å²) in [5.41, 5.74) is -0.162. The van der Waals surface area contributed by atoms with Gasteiger partial charge in [0.05, 0.1) is 6.54 Å². The lowest BCUT2D eigenvalue weighted by Gasteiger charge is -2.29. The molecule has 6 heteroatoms. The predicted octanol–water partition coefficient (Wildman–Crippen LogP) is 2.13. The maximum Gasteiger partial charge on any atom is 0.273 e. The Morgan fingerprint density at radius 2 is 1.39 bits per heavy atom. The van der Waals surface area contributed by atoms with Crippen LogP contribution in [0.15, 0.2) is 60.7 Å². The fraction of sp³-hybridized carbons (Fsp3) is 0.176. The molecule has 0 aliphatic carbocycles. The van der Waals surface area contributed by atoms with Gasteiger partial charge < -0.3 is 5.11 Å². The van der Waals surface area contributed by atoms with Gasteiger partial charge in [0.1, 0.15) is 6.10 Å². The van der Waals surface area contributed by atoms with Crippen LogP contribution >= 0.6 is 11.6 Å². The molecule has 5 nitrogen and oxygen atoms in total. The molecule has 1 aliphatic heterocycles. The monoisotopic (exact) mass is 330 g/mol. The number of rotatable bonds is 2. The second kappa shape index (κ2) is 6.40. The number of β-amino-alcohol motifs (C(OH)–C–C–N with tert-alkyl or cyclic N) is 1. The van der Waals surface area contributed by atoms with Gasteiger partial charge in [-0.05, 0) is 24.3 Å². The molecule has 2 amide bonds. The van der Waals surface area contributed by atoms with Crippen molar-refractivity contribution in [2.75, 3.05) is 6.54 Å². The molecule has 1 aliphatic rings. The van der Waals surface area contributed by atoms with E-state index in [-0.39, 0.29) is 12.5 Å². The Labute approximate surface area is 138 Å². The van der Waals surface area contributed by atoms with Gasteiger partial charge >= 0.3 is 0 Å². The van der Waals surface area contributed by atoms with Gasteiger partial charge in [0.2, 0.25) is 0 Å². The third kappa shape index (κ3) is 2.93. The van der Waals surface area contributed by atoms with Crippen LogP contribution in [-0.4, -0.2) is 45.1 Å². The highest BCUT2D eigenvalue weighted by atomic mass is 35.5. The lowest BCUT2D eigenvalue weighted by molar-refractivity contribution is 0.0147. The van der Waals surface area contributed by atoms with E-state index in [1.807, 2.05) is 0 Å². The van der Waals surface area contributed by atoms with E-state index in [9.17, 15) is 14.7 Å². The van der Waals surface area contributed by atoms with Gasteiger partial charge in [0.25, 0.3) is 11.8 Å². The Morgan fingerprint density at radius 3 is 1.91 bits per heavy atom. The number of hydrazine groups is 1. The van der Waals surface area contributed by atoms with E-state index in [1.165, 1.54) is 5.01 Å². The van der Waals surface area contributed by atoms with Crippen LogP contribution in [0, 0.1) is 0 Å². The number of halogens is 1. The molecule has 0 bridgehead atoms. The summed E-state index contributed by atoms with van der Waals surface area (Å²) in [4.78, 5) is 25.3. The molecule has 0 saturated carbocycles. The maximum atomic E-state index is 12.7. The molecule has 0 radical (unpaired) electrons. The zero-order valence-electron chi connectivity index (χ0n) is 12.2. The van der Waals surface area contributed by atoms with Crippen LogP contribution in [-0.2, 0) is 0 Å². The van der Waals surface area contributed by atoms with Crippen LogP contribution in [0.3, 0.4) is 0 Å². The standard InChI is InChI=1S/C17H15ClN2O3/c18-15-14(21)11-19(16(22)12-7-3-1-4-8-12)20(15)17(23)13-9-5-2-6-10-13/h1-10,14-15,21H,11H2. The highest BCUT2D eigenvalue weighted by molar-refractivity contribution is 6.22. The van der Waals surface area contributed by atoms with E-state index in [0.717, 1.165) is 5.01 Å². The van der Waals surface area contributed by atoms with E-state index in [0.29, 0.717) is 11.1 Å². The van der Waals surface area contributed by atoms with E-state index < -0.39 is 17.5 Å². The average Bonchev–Trinajstić information content (AvgIpc) is 2.90. The highest BCUT2D eigenvalue weighted by Gasteiger charge is 2.43. The number of aliphatic hydroxyl groups is 1. The third-order valence-electron chi connectivity index (χ3n) is 3.66. The molecule has 1 fully saturated rings. The zero-order valence-corrected chi connectivity index (χ0v) is 12.9. The van der Waals surface area contributed by atoms with Crippen molar-refractivity contribution in [1.29, 1.82) is 0 Å². The Hall–Kier alpha value is -2.37. The van der Waals surface area contributed by atoms with Gasteiger partial charge in [-0.15, -0.1) is 0 Å². The molecule has 118 valence electrons. The fourth-order valence-corrected chi connectivity index (χ4v) is 2.77. The van der Waals surface area contributed by atoms with Gasteiger partial charge in [-0.25, -0.2) is 10.0 Å². The summed E-state index contributed by atoms with van der Waals surface area (Å²) in [6.07, 6.45) is -1.00. The van der Waals surface area contributed by atoms with Crippen LogP contribution in [0.5, 0.6) is 0 Å². The van der Waals surface area contributed by atoms with Crippen molar-refractivity contribution < 1.29 is 14.7 Å². The largest absolute Gasteiger partial charge is 0.388 e. The van der Waals surface area contributed by atoms with Gasteiger partial charge in [-0.3, -0.25) is 9.59 Å². The van der Waals surface area contributed by atoms with Crippen LogP contribution in [0.2, 0.25) is 0 Å². The summed E-state index contributed by atoms with van der Waals surface area (Å²) >= 11 is 6.16. The number of nitrogens with zero attached hydrogens (tertiary/aromatic N) is 2. The summed E-state index contributed by atoms with van der Waals surface area (Å²) in [7, 11) is 0. The van der Waals surface area contributed by atoms with Crippen molar-refractivity contribution in [1.82, 2.24) is 10.0 Å². The van der Waals surface area contributed by atoms with Crippen LogP contribution < -0.4 is 0 Å². The third-order valence-corrected chi connectivity index (χ3v) is 4.13. The number of hydrogen-bond acceptors (Lipinski definition) is 3. The highest BCUT2D eigenvalue weighted by Crippen LogP contribution is 2.26. The van der Waals surface area contributed by atoms with E-state index >= 15 is 0 Å². The molecule has 0 aromatic heterocycles. The predicted molar refractivity (Wildman–Crippen MR) is 85.7 cm³/mol. The van der Waals surface area contributed by atoms with E-state index in [4.69, 9.17) is 11.6 Å². The van der Waals surface area contributed by atoms with Crippen LogP contribution in [0.1, 0.15) is 20.7 Å². The smallest absolute Gasteiger partial charge is 0.273 e. The molecular weight excluding hydrogens is 316 g/mol. The minimum Gasteiger partial charge on any atom is -0.388 e. The van der Waals surface area contributed by atoms with Crippen LogP contribution in [0.25, 0.3) is 0 Å². The topological polar surface area (TPSA) is 60.9 Å². The minimum atomic E-state index is -1.00. The lowest BCUT2D eigenvalue weighted by Crippen LogP contribution is -2.47. The zero-order chi connectivity index (χ0) is 16.4. The summed E-state index contributed by atoms with van der Waals surface area (Å²) in [5, 5.41) is 12.3. The summed E-state index contributed by atoms with van der Waals surface area (Å²) in [6.45, 7) is -0.0273. The van der Waals surface area contributed by atoms with Crippen molar-refractivity contribution in [2.45, 2.75) is 11.6 Å². The number of alkyl halides is 1. The van der Waals surface area contributed by atoms with Crippen molar-refractivity contribution >= 4 is 23.4 Å². The van der Waals surface area contributed by atoms with E-state index in [2.05, 4.69) is 0 Å². The molecule has 2 atom stereocenters. The van der Waals surface area contributed by atoms with Gasteiger partial charge in [-0.1, -0.05) is 48.0 Å². The Kier molecular flexibility index (Phi) is 4.32. The van der Waals surface area contributed by atoms with Crippen molar-refractivity contribution in [3.05, 3.63) is 71.8 Å². The maximum absolute atomic E-state index is 12.7.